The quantitative estimate of drug-likeness (QED) is 0.0990. The van der Waals surface area contributed by atoms with Gasteiger partial charge in [-0.25, -0.2) is 26.3 Å². The number of hydrogen-bond donors (Lipinski definition) is 0. The minimum Gasteiger partial charge on any atom is -0.490 e. The predicted molar refractivity (Wildman–Crippen MR) is 138 cm³/mol. The Morgan fingerprint density at radius 1 is 0.619 bits per heavy atom. The molecular weight excluding hydrogens is 568 g/mol. The second-order valence-corrected chi connectivity index (χ2v) is 8.45. The van der Waals surface area contributed by atoms with Gasteiger partial charge in [0.15, 0.2) is 17.5 Å². The Morgan fingerprint density at radius 2 is 1.17 bits per heavy atom. The maximum atomic E-state index is 14.8. The van der Waals surface area contributed by atoms with Crippen molar-refractivity contribution in [3.63, 3.8) is 0 Å². The van der Waals surface area contributed by atoms with Crippen molar-refractivity contribution in [2.24, 2.45) is 0 Å². The van der Waals surface area contributed by atoms with Crippen molar-refractivity contribution in [3.8, 4) is 35.2 Å². The van der Waals surface area contributed by atoms with Crippen LogP contribution in [0.2, 0.25) is 0 Å². The van der Waals surface area contributed by atoms with Gasteiger partial charge in [-0.2, -0.15) is 8.78 Å². The molecule has 0 amide bonds. The zero-order valence-corrected chi connectivity index (χ0v) is 21.2. The molecular formula is C32H16F8O2. The summed E-state index contributed by atoms with van der Waals surface area (Å²) in [6.07, 6.45) is -2.77. The molecule has 0 saturated carbocycles. The summed E-state index contributed by atoms with van der Waals surface area (Å²) >= 11 is 0. The highest BCUT2D eigenvalue weighted by molar-refractivity contribution is 5.47. The van der Waals surface area contributed by atoms with Crippen LogP contribution in [0.5, 0.6) is 11.5 Å². The summed E-state index contributed by atoms with van der Waals surface area (Å²) in [5.74, 6) is -0.195. The molecule has 0 aliphatic carbocycles. The van der Waals surface area contributed by atoms with Crippen LogP contribution in [0.4, 0.5) is 35.1 Å². The van der Waals surface area contributed by atoms with Crippen LogP contribution in [-0.2, 0) is 6.11 Å². The minimum atomic E-state index is -4.35. The maximum Gasteiger partial charge on any atom is 0.429 e. The molecule has 0 fully saturated rings. The van der Waals surface area contributed by atoms with Crippen molar-refractivity contribution in [2.75, 3.05) is 6.61 Å². The first kappa shape index (κ1) is 29.8. The van der Waals surface area contributed by atoms with Crippen LogP contribution in [0.1, 0.15) is 27.8 Å². The topological polar surface area (TPSA) is 18.5 Å². The Labute approximate surface area is 234 Å². The van der Waals surface area contributed by atoms with Gasteiger partial charge in [0.1, 0.15) is 41.1 Å². The largest absolute Gasteiger partial charge is 0.490 e. The van der Waals surface area contributed by atoms with Crippen molar-refractivity contribution < 1.29 is 44.6 Å². The first-order valence-corrected chi connectivity index (χ1v) is 11.8. The summed E-state index contributed by atoms with van der Waals surface area (Å²) in [6, 6.07) is 11.0. The number of hydrogen-bond acceptors (Lipinski definition) is 2. The molecule has 0 unspecified atom stereocenters. The van der Waals surface area contributed by atoms with Crippen LogP contribution in [-0.4, -0.2) is 6.61 Å². The molecule has 212 valence electrons. The lowest BCUT2D eigenvalue weighted by Crippen LogP contribution is -2.23. The van der Waals surface area contributed by atoms with E-state index in [1.165, 1.54) is 0 Å². The highest BCUT2D eigenvalue weighted by Crippen LogP contribution is 2.34. The Bertz CT molecular complexity index is 1730. The molecule has 0 N–H and O–H groups in total. The Hall–Kier alpha value is -5.22. The van der Waals surface area contributed by atoms with Crippen molar-refractivity contribution in [3.05, 3.63) is 142 Å². The van der Waals surface area contributed by atoms with Crippen molar-refractivity contribution in [1.82, 2.24) is 0 Å². The number of halogens is 8. The molecule has 0 aromatic heterocycles. The van der Waals surface area contributed by atoms with Gasteiger partial charge in [0.2, 0.25) is 0 Å². The van der Waals surface area contributed by atoms with E-state index in [1.807, 2.05) is 5.92 Å². The normalized spacial score (nSPS) is 10.7. The minimum absolute atomic E-state index is 0.0694. The Balaban J connectivity index is 1.50. The van der Waals surface area contributed by atoms with Gasteiger partial charge in [0.05, 0.1) is 5.56 Å². The number of ether oxygens (including phenoxy) is 2. The standard InChI is InChI=1S/C32H16F8O2/c1-2-13-41-22-9-5-19(6-10-22)3-4-20-8-12-25(28(35)14-20)32(39,40)42-23-17-26(33)24(27(34)18-23)11-7-21-15-29(36)31(38)30(37)16-21/h2,5-6,8-10,12,14-18H,1,13H2. The van der Waals surface area contributed by atoms with E-state index in [0.717, 1.165) is 18.2 Å². The van der Waals surface area contributed by atoms with Gasteiger partial charge in [-0.1, -0.05) is 36.3 Å². The summed E-state index contributed by atoms with van der Waals surface area (Å²) in [4.78, 5) is 0. The molecule has 0 aliphatic heterocycles. The molecule has 0 radical (unpaired) electrons. The average Bonchev–Trinajstić information content (AvgIpc) is 2.93. The molecule has 0 saturated heterocycles. The molecule has 0 spiro atoms. The third kappa shape index (κ3) is 7.10. The van der Waals surface area contributed by atoms with E-state index in [2.05, 4.69) is 29.1 Å². The molecule has 0 aliphatic rings. The van der Waals surface area contributed by atoms with E-state index in [4.69, 9.17) is 4.74 Å². The highest BCUT2D eigenvalue weighted by Gasteiger charge is 2.38. The van der Waals surface area contributed by atoms with Crippen molar-refractivity contribution >= 4 is 0 Å². The van der Waals surface area contributed by atoms with Gasteiger partial charge >= 0.3 is 6.11 Å². The van der Waals surface area contributed by atoms with E-state index >= 15 is 0 Å². The molecule has 0 atom stereocenters. The summed E-state index contributed by atoms with van der Waals surface area (Å²) in [5, 5.41) is 0. The molecule has 2 nitrogen and oxygen atoms in total. The summed E-state index contributed by atoms with van der Waals surface area (Å²) in [7, 11) is 0. The third-order valence-corrected chi connectivity index (χ3v) is 5.43. The summed E-state index contributed by atoms with van der Waals surface area (Å²) < 4.78 is 123. The lowest BCUT2D eigenvalue weighted by molar-refractivity contribution is -0.187. The molecule has 4 aromatic rings. The zero-order valence-electron chi connectivity index (χ0n) is 21.2. The molecule has 10 heteroatoms. The predicted octanol–water partition coefficient (Wildman–Crippen LogP) is 8.01. The van der Waals surface area contributed by atoms with E-state index in [-0.39, 0.29) is 5.56 Å². The first-order valence-electron chi connectivity index (χ1n) is 11.8. The molecule has 0 heterocycles. The second-order valence-electron chi connectivity index (χ2n) is 8.45. The van der Waals surface area contributed by atoms with Crippen LogP contribution < -0.4 is 9.47 Å². The van der Waals surface area contributed by atoms with E-state index < -0.39 is 63.5 Å². The maximum absolute atomic E-state index is 14.8. The van der Waals surface area contributed by atoms with Gasteiger partial charge in [0.25, 0.3) is 0 Å². The molecule has 42 heavy (non-hydrogen) atoms. The van der Waals surface area contributed by atoms with Gasteiger partial charge in [-0.15, -0.1) is 0 Å². The lowest BCUT2D eigenvalue weighted by Gasteiger charge is -2.19. The number of benzene rings is 4. The van der Waals surface area contributed by atoms with Crippen LogP contribution in [0, 0.1) is 58.6 Å². The first-order chi connectivity index (χ1) is 20.0. The van der Waals surface area contributed by atoms with Crippen LogP contribution in [0.15, 0.2) is 79.4 Å². The lowest BCUT2D eigenvalue weighted by atomic mass is 10.1. The monoisotopic (exact) mass is 584 g/mol. The number of alkyl halides is 2. The smallest absolute Gasteiger partial charge is 0.429 e. The van der Waals surface area contributed by atoms with Crippen molar-refractivity contribution in [2.45, 2.75) is 6.11 Å². The van der Waals surface area contributed by atoms with Crippen LogP contribution in [0.3, 0.4) is 0 Å². The van der Waals surface area contributed by atoms with Crippen LogP contribution in [0.25, 0.3) is 0 Å². The molecule has 4 rings (SSSR count). The van der Waals surface area contributed by atoms with Crippen molar-refractivity contribution in [1.29, 1.82) is 0 Å². The Kier molecular flexibility index (Phi) is 8.87. The molecule has 4 aromatic carbocycles. The highest BCUT2D eigenvalue weighted by atomic mass is 19.3. The van der Waals surface area contributed by atoms with Gasteiger partial charge in [0, 0.05) is 28.8 Å². The number of rotatable bonds is 6. The van der Waals surface area contributed by atoms with Gasteiger partial charge in [-0.05, 0) is 54.6 Å². The zero-order chi connectivity index (χ0) is 30.4. The van der Waals surface area contributed by atoms with Crippen LogP contribution >= 0.6 is 0 Å². The molecule has 0 bridgehead atoms. The van der Waals surface area contributed by atoms with E-state index in [9.17, 15) is 35.1 Å². The Morgan fingerprint density at radius 3 is 1.76 bits per heavy atom. The fraction of sp³-hybridized carbons (Fsp3) is 0.0625. The fourth-order valence-corrected chi connectivity index (χ4v) is 3.46. The van der Waals surface area contributed by atoms with Gasteiger partial charge < -0.3 is 9.47 Å². The second kappa shape index (κ2) is 12.5. The third-order valence-electron chi connectivity index (χ3n) is 5.43. The average molecular weight is 584 g/mol. The SMILES string of the molecule is C=CCOc1ccc(C#Cc2ccc(C(F)(F)Oc3cc(F)c(C#Cc4cc(F)c(F)c(F)c4)c(F)c3)c(F)c2)cc1. The fourth-order valence-electron chi connectivity index (χ4n) is 3.46. The summed E-state index contributed by atoms with van der Waals surface area (Å²) in [5.41, 5.74) is -1.98. The van der Waals surface area contributed by atoms with Gasteiger partial charge in [-0.3, -0.25) is 0 Å². The van der Waals surface area contributed by atoms with E-state index in [1.54, 1.807) is 30.3 Å². The van der Waals surface area contributed by atoms with E-state index in [0.29, 0.717) is 42.2 Å². The summed E-state index contributed by atoms with van der Waals surface area (Å²) in [6.45, 7) is 3.86.